The molecule has 0 aromatic carbocycles. The van der Waals surface area contributed by atoms with E-state index in [1.165, 1.54) is 18.9 Å². The molecule has 1 atom stereocenters. The zero-order chi connectivity index (χ0) is 30.0. The SMILES string of the molecule is CC1(CCO/C(C=N)=C/Nc2ccc3c(n2)N2CC(CCCCNc4cccc(n4)S(=O)(=O)NC3=O)CC2(C)C)CC1. The molecule has 12 heteroatoms. The zero-order valence-corrected chi connectivity index (χ0v) is 25.4. The van der Waals surface area contributed by atoms with Gasteiger partial charge in [-0.3, -0.25) is 4.79 Å². The van der Waals surface area contributed by atoms with Crippen molar-refractivity contribution in [2.45, 2.75) is 76.3 Å². The van der Waals surface area contributed by atoms with Crippen LogP contribution in [-0.4, -0.2) is 55.7 Å². The Balaban J connectivity index is 1.45. The summed E-state index contributed by atoms with van der Waals surface area (Å²) in [5.74, 6) is 1.31. The van der Waals surface area contributed by atoms with Gasteiger partial charge in [-0.15, -0.1) is 0 Å². The van der Waals surface area contributed by atoms with Gasteiger partial charge in [-0.25, -0.2) is 14.7 Å². The molecule has 1 amide bonds. The number of amides is 1. The highest BCUT2D eigenvalue weighted by Crippen LogP contribution is 2.48. The van der Waals surface area contributed by atoms with E-state index in [0.717, 1.165) is 38.3 Å². The molecule has 1 saturated heterocycles. The Bertz CT molecular complexity index is 1470. The van der Waals surface area contributed by atoms with Gasteiger partial charge in [0, 0.05) is 24.8 Å². The first-order chi connectivity index (χ1) is 20.0. The maximum Gasteiger partial charge on any atom is 0.281 e. The van der Waals surface area contributed by atoms with Crippen molar-refractivity contribution in [1.29, 1.82) is 5.41 Å². The lowest BCUT2D eigenvalue weighted by molar-refractivity contribution is 0.0981. The molecule has 4 heterocycles. The van der Waals surface area contributed by atoms with E-state index in [1.54, 1.807) is 30.5 Å². The molecular formula is C30H41N7O4S. The molecule has 0 spiro atoms. The summed E-state index contributed by atoms with van der Waals surface area (Å²) in [6, 6.07) is 7.89. The van der Waals surface area contributed by atoms with E-state index in [-0.39, 0.29) is 16.1 Å². The molecule has 1 aliphatic carbocycles. The van der Waals surface area contributed by atoms with E-state index in [1.807, 2.05) is 0 Å². The standard InChI is InChI=1S/C30H41N7O4S/c1-29(2)17-21-7-4-5-15-32-24-8-6-9-26(34-24)42(39,40)36-28(38)23-10-11-25(35-27(23)37(29)20-21)33-19-22(18-31)41-16-14-30(3)12-13-30/h6,8-11,18-19,21,31H,4-5,7,12-17,20H2,1-3H3,(H,32,34)(H,33,35)(H,36,38)/b22-19+,31-18?. The fraction of sp³-hybridized carbons (Fsp3) is 0.533. The van der Waals surface area contributed by atoms with Crippen LogP contribution >= 0.6 is 0 Å². The molecule has 11 nitrogen and oxygen atoms in total. The molecule has 1 unspecified atom stereocenters. The van der Waals surface area contributed by atoms with Gasteiger partial charge >= 0.3 is 0 Å². The predicted molar refractivity (Wildman–Crippen MR) is 163 cm³/mol. The van der Waals surface area contributed by atoms with Gasteiger partial charge in [0.1, 0.15) is 17.5 Å². The molecule has 42 heavy (non-hydrogen) atoms. The van der Waals surface area contributed by atoms with Crippen LogP contribution in [0.1, 0.15) is 76.1 Å². The quantitative estimate of drug-likeness (QED) is 0.259. The van der Waals surface area contributed by atoms with Crippen LogP contribution in [0.15, 0.2) is 47.3 Å². The number of aromatic nitrogens is 2. The lowest BCUT2D eigenvalue weighted by Crippen LogP contribution is -2.41. The van der Waals surface area contributed by atoms with Crippen LogP contribution < -0.4 is 20.3 Å². The second-order valence-electron chi connectivity index (χ2n) is 12.5. The van der Waals surface area contributed by atoms with Crippen molar-refractivity contribution >= 4 is 39.6 Å². The molecule has 3 aliphatic rings. The summed E-state index contributed by atoms with van der Waals surface area (Å²) in [6.45, 7) is 8.40. The average Bonchev–Trinajstić information content (AvgIpc) is 3.60. The van der Waals surface area contributed by atoms with Crippen LogP contribution in [0.2, 0.25) is 0 Å². The number of sulfonamides is 1. The van der Waals surface area contributed by atoms with Gasteiger partial charge < -0.3 is 25.7 Å². The summed E-state index contributed by atoms with van der Waals surface area (Å²) in [7, 11) is -4.23. The highest BCUT2D eigenvalue weighted by Gasteiger charge is 2.41. The van der Waals surface area contributed by atoms with Crippen LogP contribution in [0.25, 0.3) is 0 Å². The summed E-state index contributed by atoms with van der Waals surface area (Å²) < 4.78 is 34.4. The molecule has 5 rings (SSSR count). The lowest BCUT2D eigenvalue weighted by Gasteiger charge is -2.34. The van der Waals surface area contributed by atoms with Gasteiger partial charge in [-0.05, 0) is 88.0 Å². The third-order valence-electron chi connectivity index (χ3n) is 8.49. The third kappa shape index (κ3) is 7.03. The summed E-state index contributed by atoms with van der Waals surface area (Å²) in [6.07, 6.45) is 9.99. The number of carbonyl (C=O) groups is 1. The van der Waals surface area contributed by atoms with E-state index in [0.29, 0.717) is 54.2 Å². The second kappa shape index (κ2) is 11.9. The Morgan fingerprint density at radius 3 is 2.76 bits per heavy atom. The minimum atomic E-state index is -4.23. The topological polar surface area (TPSA) is 149 Å². The van der Waals surface area contributed by atoms with Gasteiger partial charge in [-0.1, -0.05) is 19.4 Å². The van der Waals surface area contributed by atoms with E-state index < -0.39 is 15.9 Å². The number of fused-ring (bicyclic) bond motifs is 6. The first-order valence-corrected chi connectivity index (χ1v) is 16.1. The predicted octanol–water partition coefficient (Wildman–Crippen LogP) is 4.91. The molecular weight excluding hydrogens is 554 g/mol. The number of nitrogens with one attached hydrogen (secondary N) is 4. The van der Waals surface area contributed by atoms with Crippen LogP contribution in [0.4, 0.5) is 17.5 Å². The van der Waals surface area contributed by atoms with Crippen molar-refractivity contribution < 1.29 is 17.9 Å². The first-order valence-electron chi connectivity index (χ1n) is 14.6. The fourth-order valence-electron chi connectivity index (χ4n) is 5.68. The number of hydrogen-bond donors (Lipinski definition) is 4. The Morgan fingerprint density at radius 1 is 1.19 bits per heavy atom. The monoisotopic (exact) mass is 595 g/mol. The number of carbonyl (C=O) groups excluding carboxylic acids is 1. The van der Waals surface area contributed by atoms with Crippen molar-refractivity contribution in [3.05, 3.63) is 47.9 Å². The molecule has 4 bridgehead atoms. The molecule has 4 N–H and O–H groups in total. The lowest BCUT2D eigenvalue weighted by atomic mass is 9.93. The Kier molecular flexibility index (Phi) is 8.45. The summed E-state index contributed by atoms with van der Waals surface area (Å²) in [4.78, 5) is 24.7. The normalized spacial score (nSPS) is 22.7. The summed E-state index contributed by atoms with van der Waals surface area (Å²) in [5, 5.41) is 13.8. The first kappa shape index (κ1) is 29.8. The zero-order valence-electron chi connectivity index (χ0n) is 24.6. The molecule has 2 aromatic rings. The summed E-state index contributed by atoms with van der Waals surface area (Å²) in [5.41, 5.74) is 0.209. The van der Waals surface area contributed by atoms with Gasteiger partial charge in [-0.2, -0.15) is 8.42 Å². The molecule has 2 fully saturated rings. The number of ether oxygens (including phenoxy) is 1. The van der Waals surface area contributed by atoms with Crippen molar-refractivity contribution in [3.8, 4) is 0 Å². The molecule has 2 aromatic heterocycles. The Labute approximate surface area is 248 Å². The third-order valence-corrected chi connectivity index (χ3v) is 9.72. The van der Waals surface area contributed by atoms with Gasteiger partial charge in [0.2, 0.25) is 0 Å². The Morgan fingerprint density at radius 2 is 2.00 bits per heavy atom. The molecule has 0 radical (unpaired) electrons. The minimum Gasteiger partial charge on any atom is -0.490 e. The maximum absolute atomic E-state index is 13.5. The maximum atomic E-state index is 13.5. The van der Waals surface area contributed by atoms with E-state index >= 15 is 0 Å². The van der Waals surface area contributed by atoms with Crippen molar-refractivity contribution in [2.24, 2.45) is 11.3 Å². The Hall–Kier alpha value is -3.67. The average molecular weight is 596 g/mol. The molecule has 2 aliphatic heterocycles. The largest absolute Gasteiger partial charge is 0.490 e. The number of nitrogens with zero attached hydrogens (tertiary/aromatic N) is 3. The van der Waals surface area contributed by atoms with Gasteiger partial charge in [0.25, 0.3) is 15.9 Å². The number of allylic oxidation sites excluding steroid dienone is 1. The molecule has 1 saturated carbocycles. The van der Waals surface area contributed by atoms with Crippen molar-refractivity contribution in [3.63, 3.8) is 0 Å². The smallest absolute Gasteiger partial charge is 0.281 e. The molecule has 226 valence electrons. The highest BCUT2D eigenvalue weighted by atomic mass is 32.2. The van der Waals surface area contributed by atoms with E-state index in [9.17, 15) is 13.2 Å². The second-order valence-corrected chi connectivity index (χ2v) is 14.2. The van der Waals surface area contributed by atoms with Gasteiger partial charge in [0.15, 0.2) is 10.8 Å². The minimum absolute atomic E-state index is 0.157. The van der Waals surface area contributed by atoms with Gasteiger partial charge in [0.05, 0.1) is 18.4 Å². The number of hydrogen-bond acceptors (Lipinski definition) is 10. The van der Waals surface area contributed by atoms with E-state index in [4.69, 9.17) is 15.1 Å². The van der Waals surface area contributed by atoms with Crippen LogP contribution in [0.5, 0.6) is 0 Å². The fourth-order valence-corrected chi connectivity index (χ4v) is 6.62. The highest BCUT2D eigenvalue weighted by molar-refractivity contribution is 7.90. The summed E-state index contributed by atoms with van der Waals surface area (Å²) >= 11 is 0. The number of pyridine rings is 2. The van der Waals surface area contributed by atoms with E-state index in [2.05, 4.69) is 46.0 Å². The van der Waals surface area contributed by atoms with Crippen molar-refractivity contribution in [1.82, 2.24) is 14.7 Å². The van der Waals surface area contributed by atoms with Crippen LogP contribution in [0.3, 0.4) is 0 Å². The number of anilines is 3. The van der Waals surface area contributed by atoms with Crippen molar-refractivity contribution in [2.75, 3.05) is 35.2 Å². The van der Waals surface area contributed by atoms with Crippen LogP contribution in [-0.2, 0) is 14.8 Å². The number of rotatable bonds is 7. The van der Waals surface area contributed by atoms with Crippen LogP contribution in [0, 0.1) is 16.7 Å².